The van der Waals surface area contributed by atoms with Gasteiger partial charge in [-0.15, -0.1) is 0 Å². The van der Waals surface area contributed by atoms with E-state index in [1.54, 1.807) is 0 Å². The highest BCUT2D eigenvalue weighted by atomic mass is 16.5. The van der Waals surface area contributed by atoms with Crippen LogP contribution in [0.4, 0.5) is 51.2 Å². The molecule has 0 bridgehead atoms. The molecule has 6 heteroatoms. The standard InChI is InChI=1S/C42H26BN3O2/c1-3-13-27(14-4-1)44(28-15-5-2-6-16-28)29-25-34-40-35(26-29)46-33-20-8-10-22-37(33)48-39-24-12-18-31(42(39)46)43(40)30-17-11-23-38-41(30)45(34)32-19-7-9-21-36(32)47-38/h1-26H. The molecule has 4 heterocycles. The molecular formula is C42H26BN3O2. The van der Waals surface area contributed by atoms with Gasteiger partial charge in [-0.1, -0.05) is 84.9 Å². The maximum absolute atomic E-state index is 6.62. The zero-order valence-electron chi connectivity index (χ0n) is 25.7. The fourth-order valence-electron chi connectivity index (χ4n) is 8.11. The van der Waals surface area contributed by atoms with Crippen LogP contribution in [-0.2, 0) is 0 Å². The zero-order chi connectivity index (χ0) is 31.3. The topological polar surface area (TPSA) is 28.2 Å². The molecule has 0 aliphatic carbocycles. The van der Waals surface area contributed by atoms with Crippen molar-refractivity contribution in [1.82, 2.24) is 0 Å². The van der Waals surface area contributed by atoms with Crippen molar-refractivity contribution in [3.63, 3.8) is 0 Å². The van der Waals surface area contributed by atoms with Gasteiger partial charge in [0.15, 0.2) is 23.0 Å². The second-order valence-corrected chi connectivity index (χ2v) is 12.5. The fraction of sp³-hybridized carbons (Fsp3) is 0. The Bertz CT molecular complexity index is 2280. The van der Waals surface area contributed by atoms with Crippen LogP contribution in [0.3, 0.4) is 0 Å². The molecule has 0 spiro atoms. The summed E-state index contributed by atoms with van der Waals surface area (Å²) in [4.78, 5) is 7.21. The van der Waals surface area contributed by atoms with E-state index in [2.05, 4.69) is 160 Å². The van der Waals surface area contributed by atoms with Gasteiger partial charge >= 0.3 is 0 Å². The minimum atomic E-state index is -0.0222. The Morgan fingerprint density at radius 3 is 1.33 bits per heavy atom. The van der Waals surface area contributed by atoms with Crippen molar-refractivity contribution in [3.05, 3.63) is 158 Å². The van der Waals surface area contributed by atoms with E-state index in [-0.39, 0.29) is 6.71 Å². The Hall–Kier alpha value is -6.40. The Labute approximate surface area is 278 Å². The highest BCUT2D eigenvalue weighted by Crippen LogP contribution is 2.57. The minimum absolute atomic E-state index is 0.0222. The molecule has 0 saturated carbocycles. The lowest BCUT2D eigenvalue weighted by atomic mass is 9.33. The van der Waals surface area contributed by atoms with Crippen LogP contribution in [0.2, 0.25) is 0 Å². The number of para-hydroxylation sites is 8. The summed E-state index contributed by atoms with van der Waals surface area (Å²) in [6, 6.07) is 55.7. The monoisotopic (exact) mass is 615 g/mol. The number of hydrogen-bond donors (Lipinski definition) is 0. The quantitative estimate of drug-likeness (QED) is 0.185. The SMILES string of the molecule is c1ccc(N(c2ccccc2)c2cc3c4c(c2)N2c5ccccc5Oc5cccc(c52)B4c2cccc4c2N3c2ccccc2O4)cc1. The molecule has 4 aliphatic heterocycles. The van der Waals surface area contributed by atoms with Crippen molar-refractivity contribution in [2.45, 2.75) is 0 Å². The molecule has 0 saturated heterocycles. The number of ether oxygens (including phenoxy) is 2. The smallest absolute Gasteiger partial charge is 0.252 e. The third-order valence-corrected chi connectivity index (χ3v) is 9.96. The first-order valence-corrected chi connectivity index (χ1v) is 16.3. The van der Waals surface area contributed by atoms with E-state index >= 15 is 0 Å². The van der Waals surface area contributed by atoms with E-state index in [1.807, 2.05) is 12.1 Å². The second-order valence-electron chi connectivity index (χ2n) is 12.5. The van der Waals surface area contributed by atoms with Crippen LogP contribution in [-0.4, -0.2) is 6.71 Å². The van der Waals surface area contributed by atoms with Crippen molar-refractivity contribution >= 4 is 74.3 Å². The first-order valence-electron chi connectivity index (χ1n) is 16.3. The van der Waals surface area contributed by atoms with Gasteiger partial charge in [-0.05, 0) is 89.2 Å². The average molecular weight is 616 g/mol. The summed E-state index contributed by atoms with van der Waals surface area (Å²) in [7, 11) is 0. The molecule has 4 aliphatic rings. The van der Waals surface area contributed by atoms with Crippen LogP contribution in [0.25, 0.3) is 0 Å². The summed E-state index contributed by atoms with van der Waals surface area (Å²) in [5.41, 5.74) is 13.5. The third-order valence-electron chi connectivity index (χ3n) is 9.96. The zero-order valence-corrected chi connectivity index (χ0v) is 25.7. The molecule has 5 nitrogen and oxygen atoms in total. The van der Waals surface area contributed by atoms with Crippen LogP contribution in [0, 0.1) is 0 Å². The van der Waals surface area contributed by atoms with Gasteiger partial charge in [0, 0.05) is 22.7 Å². The first-order chi connectivity index (χ1) is 23.8. The van der Waals surface area contributed by atoms with E-state index in [4.69, 9.17) is 9.47 Å². The number of anilines is 9. The molecule has 0 amide bonds. The molecule has 0 atom stereocenters. The van der Waals surface area contributed by atoms with Gasteiger partial charge in [0.25, 0.3) is 6.71 Å². The van der Waals surface area contributed by atoms with Crippen LogP contribution in [0.1, 0.15) is 0 Å². The highest BCUT2D eigenvalue weighted by Gasteiger charge is 2.48. The van der Waals surface area contributed by atoms with Crippen molar-refractivity contribution in [1.29, 1.82) is 0 Å². The predicted molar refractivity (Wildman–Crippen MR) is 195 cm³/mol. The number of benzene rings is 7. The van der Waals surface area contributed by atoms with Gasteiger partial charge in [0.2, 0.25) is 0 Å². The summed E-state index contributed by atoms with van der Waals surface area (Å²) in [5, 5.41) is 0. The molecule has 0 unspecified atom stereocenters. The van der Waals surface area contributed by atoms with Gasteiger partial charge in [-0.25, -0.2) is 0 Å². The number of hydrogen-bond acceptors (Lipinski definition) is 5. The summed E-state index contributed by atoms with van der Waals surface area (Å²) in [5.74, 6) is 3.41. The first kappa shape index (κ1) is 25.8. The Morgan fingerprint density at radius 1 is 0.396 bits per heavy atom. The Morgan fingerprint density at radius 2 is 0.833 bits per heavy atom. The van der Waals surface area contributed by atoms with Crippen molar-refractivity contribution < 1.29 is 9.47 Å². The molecule has 11 rings (SSSR count). The van der Waals surface area contributed by atoms with Gasteiger partial charge in [-0.3, -0.25) is 0 Å². The van der Waals surface area contributed by atoms with Crippen molar-refractivity contribution in [2.24, 2.45) is 0 Å². The van der Waals surface area contributed by atoms with E-state index < -0.39 is 0 Å². The van der Waals surface area contributed by atoms with E-state index in [0.29, 0.717) is 0 Å². The molecular weight excluding hydrogens is 589 g/mol. The molecule has 7 aromatic rings. The Kier molecular flexibility index (Phi) is 5.13. The maximum atomic E-state index is 6.62. The molecule has 0 fully saturated rings. The third kappa shape index (κ3) is 3.41. The number of rotatable bonds is 3. The Balaban J connectivity index is 1.29. The lowest BCUT2D eigenvalue weighted by molar-refractivity contribution is 0.477. The lowest BCUT2D eigenvalue weighted by Gasteiger charge is -2.47. The summed E-state index contributed by atoms with van der Waals surface area (Å²) in [6.45, 7) is -0.0222. The van der Waals surface area contributed by atoms with Crippen LogP contribution >= 0.6 is 0 Å². The molecule has 48 heavy (non-hydrogen) atoms. The van der Waals surface area contributed by atoms with E-state index in [0.717, 1.165) is 74.2 Å². The van der Waals surface area contributed by atoms with Gasteiger partial charge in [0.05, 0.1) is 28.4 Å². The normalized spacial score (nSPS) is 13.6. The van der Waals surface area contributed by atoms with E-state index in [1.165, 1.54) is 16.4 Å². The molecule has 0 N–H and O–H groups in total. The van der Waals surface area contributed by atoms with Crippen molar-refractivity contribution in [2.75, 3.05) is 14.7 Å². The average Bonchev–Trinajstić information content (AvgIpc) is 3.14. The minimum Gasteiger partial charge on any atom is -0.453 e. The van der Waals surface area contributed by atoms with E-state index in [9.17, 15) is 0 Å². The summed E-state index contributed by atoms with van der Waals surface area (Å²) in [6.07, 6.45) is 0. The fourth-order valence-corrected chi connectivity index (χ4v) is 8.11. The van der Waals surface area contributed by atoms with Gasteiger partial charge in [-0.2, -0.15) is 0 Å². The van der Waals surface area contributed by atoms with Crippen molar-refractivity contribution in [3.8, 4) is 23.0 Å². The largest absolute Gasteiger partial charge is 0.453 e. The number of fused-ring (bicyclic) bond motifs is 8. The molecule has 224 valence electrons. The summed E-state index contributed by atoms with van der Waals surface area (Å²) >= 11 is 0. The highest BCUT2D eigenvalue weighted by molar-refractivity contribution is 7.00. The second kappa shape index (κ2) is 9.56. The van der Waals surface area contributed by atoms with Crippen LogP contribution < -0.4 is 40.6 Å². The van der Waals surface area contributed by atoms with Gasteiger partial charge in [0.1, 0.15) is 0 Å². The molecule has 0 aromatic heterocycles. The molecule has 7 aromatic carbocycles. The van der Waals surface area contributed by atoms with Crippen LogP contribution in [0.5, 0.6) is 23.0 Å². The molecule has 0 radical (unpaired) electrons. The summed E-state index contributed by atoms with van der Waals surface area (Å²) < 4.78 is 13.2. The lowest BCUT2D eigenvalue weighted by Crippen LogP contribution is -2.61. The van der Waals surface area contributed by atoms with Gasteiger partial charge < -0.3 is 24.2 Å². The number of nitrogens with zero attached hydrogens (tertiary/aromatic N) is 3. The maximum Gasteiger partial charge on any atom is 0.252 e. The predicted octanol–water partition coefficient (Wildman–Crippen LogP) is 9.45. The van der Waals surface area contributed by atoms with Crippen LogP contribution in [0.15, 0.2) is 158 Å².